The highest BCUT2D eigenvalue weighted by Gasteiger charge is 2.34. The number of hydrogen-bond acceptors (Lipinski definition) is 3. The van der Waals surface area contributed by atoms with Crippen LogP contribution in [0.15, 0.2) is 40.6 Å². The van der Waals surface area contributed by atoms with Gasteiger partial charge in [0.05, 0.1) is 6.04 Å². The summed E-state index contributed by atoms with van der Waals surface area (Å²) in [5.74, 6) is -0.146. The average Bonchev–Trinajstić information content (AvgIpc) is 3.27. The van der Waals surface area contributed by atoms with Gasteiger partial charge in [-0.1, -0.05) is 18.9 Å². The molecular weight excluding hydrogens is 365 g/mol. The van der Waals surface area contributed by atoms with Crippen molar-refractivity contribution < 1.29 is 18.0 Å². The fraction of sp³-hybridized carbons (Fsp3) is 0.444. The van der Waals surface area contributed by atoms with Crippen molar-refractivity contribution in [1.82, 2.24) is 9.88 Å². The van der Waals surface area contributed by atoms with E-state index in [2.05, 4.69) is 5.32 Å². The number of nitrogens with one attached hydrogen (secondary N) is 1. The Labute approximate surface area is 152 Å². The van der Waals surface area contributed by atoms with Gasteiger partial charge in [0.2, 0.25) is 5.91 Å². The van der Waals surface area contributed by atoms with E-state index in [-0.39, 0.29) is 6.04 Å². The van der Waals surface area contributed by atoms with Crippen LogP contribution in [0.3, 0.4) is 0 Å². The zero-order valence-corrected chi connectivity index (χ0v) is 14.8. The van der Waals surface area contributed by atoms with Crippen LogP contribution < -0.4 is 10.9 Å². The van der Waals surface area contributed by atoms with E-state index in [1.54, 1.807) is 11.3 Å². The molecule has 1 N–H and O–H groups in total. The van der Waals surface area contributed by atoms with Crippen molar-refractivity contribution in [3.63, 3.8) is 0 Å². The molecule has 1 aliphatic rings. The third-order valence-electron chi connectivity index (χ3n) is 4.68. The predicted octanol–water partition coefficient (Wildman–Crippen LogP) is 3.98. The van der Waals surface area contributed by atoms with Crippen LogP contribution in [0, 0.1) is 5.92 Å². The summed E-state index contributed by atoms with van der Waals surface area (Å²) in [6.45, 7) is -0.433. The summed E-state index contributed by atoms with van der Waals surface area (Å²) in [4.78, 5) is 25.5. The van der Waals surface area contributed by atoms with Crippen LogP contribution in [0.1, 0.15) is 42.2 Å². The molecule has 1 unspecified atom stereocenters. The molecule has 2 aromatic rings. The highest BCUT2D eigenvalue weighted by Crippen LogP contribution is 2.37. The van der Waals surface area contributed by atoms with Crippen molar-refractivity contribution in [1.29, 1.82) is 0 Å². The molecule has 2 aromatic heterocycles. The van der Waals surface area contributed by atoms with Gasteiger partial charge < -0.3 is 9.88 Å². The van der Waals surface area contributed by atoms with Crippen LogP contribution in [0.5, 0.6) is 0 Å². The Bertz CT molecular complexity index is 809. The number of alkyl halides is 3. The highest BCUT2D eigenvalue weighted by atomic mass is 32.1. The molecule has 1 atom stereocenters. The summed E-state index contributed by atoms with van der Waals surface area (Å²) >= 11 is 1.54. The first-order chi connectivity index (χ1) is 12.4. The smallest absolute Gasteiger partial charge is 0.347 e. The van der Waals surface area contributed by atoms with E-state index in [1.165, 1.54) is 6.20 Å². The maximum atomic E-state index is 12.9. The van der Waals surface area contributed by atoms with E-state index in [1.807, 2.05) is 17.5 Å². The van der Waals surface area contributed by atoms with Crippen molar-refractivity contribution in [3.8, 4) is 0 Å². The van der Waals surface area contributed by atoms with Gasteiger partial charge in [-0.3, -0.25) is 9.59 Å². The summed E-state index contributed by atoms with van der Waals surface area (Å²) in [5.41, 5.74) is -2.47. The van der Waals surface area contributed by atoms with Gasteiger partial charge in [0, 0.05) is 11.1 Å². The molecule has 1 aliphatic carbocycles. The molecule has 1 saturated carbocycles. The number of rotatable bonds is 5. The minimum atomic E-state index is -4.74. The third-order valence-corrected chi connectivity index (χ3v) is 5.63. The number of hydrogen-bond donors (Lipinski definition) is 1. The molecule has 0 radical (unpaired) electrons. The van der Waals surface area contributed by atoms with Crippen molar-refractivity contribution in [2.75, 3.05) is 0 Å². The Balaban J connectivity index is 1.76. The lowest BCUT2D eigenvalue weighted by Gasteiger charge is -2.24. The van der Waals surface area contributed by atoms with Crippen LogP contribution >= 0.6 is 11.3 Å². The summed E-state index contributed by atoms with van der Waals surface area (Å²) < 4.78 is 39.4. The minimum Gasteiger partial charge on any atom is -0.347 e. The number of carbonyl (C=O) groups excluding carboxylic acids is 1. The Morgan fingerprint density at radius 2 is 2.00 bits per heavy atom. The number of nitrogens with zero attached hydrogens (tertiary/aromatic N) is 1. The zero-order valence-electron chi connectivity index (χ0n) is 14.0. The number of carbonyl (C=O) groups is 1. The lowest BCUT2D eigenvalue weighted by molar-refractivity contribution is -0.139. The maximum absolute atomic E-state index is 12.9. The Kier molecular flexibility index (Phi) is 5.50. The van der Waals surface area contributed by atoms with Crippen LogP contribution in [0.2, 0.25) is 0 Å². The molecule has 0 aliphatic heterocycles. The quantitative estimate of drug-likeness (QED) is 0.848. The summed E-state index contributed by atoms with van der Waals surface area (Å²) in [6.07, 6.45) is 0.691. The second-order valence-corrected chi connectivity index (χ2v) is 7.44. The van der Waals surface area contributed by atoms with E-state index >= 15 is 0 Å². The lowest BCUT2D eigenvalue weighted by atomic mass is 9.96. The first kappa shape index (κ1) is 18.7. The third kappa shape index (κ3) is 4.17. The second kappa shape index (κ2) is 7.65. The molecule has 1 amide bonds. The lowest BCUT2D eigenvalue weighted by Crippen LogP contribution is -2.38. The molecule has 8 heteroatoms. The monoisotopic (exact) mass is 384 g/mol. The van der Waals surface area contributed by atoms with Crippen LogP contribution in [-0.2, 0) is 17.5 Å². The van der Waals surface area contributed by atoms with Crippen LogP contribution in [0.4, 0.5) is 13.2 Å². The van der Waals surface area contributed by atoms with E-state index < -0.39 is 29.8 Å². The van der Waals surface area contributed by atoms with Gasteiger partial charge in [-0.15, -0.1) is 11.3 Å². The fourth-order valence-electron chi connectivity index (χ4n) is 3.43. The van der Waals surface area contributed by atoms with E-state index in [4.69, 9.17) is 0 Å². The Hall–Kier alpha value is -2.09. The maximum Gasteiger partial charge on any atom is 0.421 e. The van der Waals surface area contributed by atoms with Crippen molar-refractivity contribution >= 4 is 17.2 Å². The predicted molar refractivity (Wildman–Crippen MR) is 92.9 cm³/mol. The Morgan fingerprint density at radius 1 is 1.27 bits per heavy atom. The molecule has 26 heavy (non-hydrogen) atoms. The van der Waals surface area contributed by atoms with Gasteiger partial charge in [0.25, 0.3) is 5.56 Å². The van der Waals surface area contributed by atoms with Crippen molar-refractivity contribution in [3.05, 3.63) is 56.6 Å². The minimum absolute atomic E-state index is 0.161. The number of pyridine rings is 1. The SMILES string of the molecule is O=C(Cn1cccc(C(F)(F)F)c1=O)NC(c1cccs1)C1CCCC1. The van der Waals surface area contributed by atoms with E-state index in [9.17, 15) is 22.8 Å². The van der Waals surface area contributed by atoms with E-state index in [0.29, 0.717) is 5.92 Å². The molecule has 2 heterocycles. The molecule has 4 nitrogen and oxygen atoms in total. The summed E-state index contributed by atoms with van der Waals surface area (Å²) in [7, 11) is 0. The number of thiophene rings is 1. The first-order valence-electron chi connectivity index (χ1n) is 8.45. The van der Waals surface area contributed by atoms with Crippen LogP contribution in [0.25, 0.3) is 0 Å². The van der Waals surface area contributed by atoms with Gasteiger partial charge >= 0.3 is 6.18 Å². The number of halogens is 3. The summed E-state index contributed by atoms with van der Waals surface area (Å²) in [5, 5.41) is 4.86. The van der Waals surface area contributed by atoms with Gasteiger partial charge in [-0.05, 0) is 42.3 Å². The standard InChI is InChI=1S/C18H19F3N2O2S/c19-18(20,21)13-7-3-9-23(17(13)25)11-15(24)22-16(12-5-1-2-6-12)14-8-4-10-26-14/h3-4,7-10,12,16H,1-2,5-6,11H2,(H,22,24). The molecule has 3 rings (SSSR count). The van der Waals surface area contributed by atoms with E-state index in [0.717, 1.165) is 47.3 Å². The fourth-order valence-corrected chi connectivity index (χ4v) is 4.30. The topological polar surface area (TPSA) is 51.1 Å². The number of amides is 1. The molecular formula is C18H19F3N2O2S. The first-order valence-corrected chi connectivity index (χ1v) is 9.33. The average molecular weight is 384 g/mol. The zero-order chi connectivity index (χ0) is 18.7. The molecule has 140 valence electrons. The molecule has 0 bridgehead atoms. The van der Waals surface area contributed by atoms with Crippen molar-refractivity contribution in [2.45, 2.75) is 44.4 Å². The van der Waals surface area contributed by atoms with Gasteiger partial charge in [-0.25, -0.2) is 0 Å². The molecule has 0 saturated heterocycles. The van der Waals surface area contributed by atoms with Gasteiger partial charge in [-0.2, -0.15) is 13.2 Å². The second-order valence-electron chi connectivity index (χ2n) is 6.46. The number of aromatic nitrogens is 1. The van der Waals surface area contributed by atoms with Gasteiger partial charge in [0.1, 0.15) is 12.1 Å². The van der Waals surface area contributed by atoms with Gasteiger partial charge in [0.15, 0.2) is 0 Å². The largest absolute Gasteiger partial charge is 0.421 e. The molecule has 0 spiro atoms. The highest BCUT2D eigenvalue weighted by molar-refractivity contribution is 7.10. The van der Waals surface area contributed by atoms with Crippen LogP contribution in [-0.4, -0.2) is 10.5 Å². The molecule has 0 aromatic carbocycles. The summed E-state index contributed by atoms with van der Waals surface area (Å²) in [6, 6.07) is 5.55. The normalized spacial score (nSPS) is 16.6. The Morgan fingerprint density at radius 3 is 2.62 bits per heavy atom. The molecule has 1 fully saturated rings. The van der Waals surface area contributed by atoms with Crippen molar-refractivity contribution in [2.24, 2.45) is 5.92 Å².